The highest BCUT2D eigenvalue weighted by Gasteiger charge is 2.12. The molecule has 0 aliphatic heterocycles. The summed E-state index contributed by atoms with van der Waals surface area (Å²) in [7, 11) is 0. The molecule has 0 bridgehead atoms. The van der Waals surface area contributed by atoms with Gasteiger partial charge >= 0.3 is 0 Å². The van der Waals surface area contributed by atoms with E-state index in [1.807, 2.05) is 30.3 Å². The third-order valence-corrected chi connectivity index (χ3v) is 4.25. The van der Waals surface area contributed by atoms with E-state index in [9.17, 15) is 14.9 Å². The minimum Gasteiger partial charge on any atom is -0.484 e. The number of nitro groups is 1. The lowest BCUT2D eigenvalue weighted by atomic mass is 10.3. The molecule has 3 aromatic carbocycles. The van der Waals surface area contributed by atoms with Gasteiger partial charge in [-0.05, 0) is 46.3 Å². The van der Waals surface area contributed by atoms with Crippen LogP contribution in [0.2, 0.25) is 0 Å². The molecule has 0 aromatic heterocycles. The van der Waals surface area contributed by atoms with Gasteiger partial charge in [-0.2, -0.15) is 0 Å². The van der Waals surface area contributed by atoms with Crippen LogP contribution in [0.3, 0.4) is 0 Å². The molecule has 0 saturated carbocycles. The van der Waals surface area contributed by atoms with E-state index in [-0.39, 0.29) is 12.3 Å². The number of non-ortho nitro benzene ring substituents is 1. The monoisotopic (exact) mass is 442 g/mol. The number of hydrogen-bond donors (Lipinski definition) is 1. The van der Waals surface area contributed by atoms with Crippen molar-refractivity contribution < 1.29 is 19.2 Å². The normalized spacial score (nSPS) is 10.2. The number of halogens is 1. The molecule has 7 nitrogen and oxygen atoms in total. The van der Waals surface area contributed by atoms with E-state index in [1.54, 1.807) is 24.3 Å². The molecule has 142 valence electrons. The first-order valence-corrected chi connectivity index (χ1v) is 9.00. The van der Waals surface area contributed by atoms with E-state index in [4.69, 9.17) is 9.47 Å². The number of carbonyl (C=O) groups is 1. The van der Waals surface area contributed by atoms with Gasteiger partial charge in [-0.3, -0.25) is 14.9 Å². The predicted octanol–water partition coefficient (Wildman–Crippen LogP) is 5.17. The average molecular weight is 443 g/mol. The minimum absolute atomic E-state index is 0.0728. The summed E-state index contributed by atoms with van der Waals surface area (Å²) in [4.78, 5) is 22.4. The van der Waals surface area contributed by atoms with Crippen LogP contribution in [0.1, 0.15) is 0 Å². The van der Waals surface area contributed by atoms with E-state index in [0.29, 0.717) is 27.4 Å². The minimum atomic E-state index is -0.510. The molecule has 0 fully saturated rings. The molecule has 0 aliphatic rings. The molecule has 3 rings (SSSR count). The third-order valence-electron chi connectivity index (χ3n) is 3.59. The fraction of sp³-hybridized carbons (Fsp3) is 0.0500. The molecule has 0 aliphatic carbocycles. The van der Waals surface area contributed by atoms with E-state index in [0.717, 1.165) is 0 Å². The zero-order valence-electron chi connectivity index (χ0n) is 14.5. The highest BCUT2D eigenvalue weighted by Crippen LogP contribution is 2.27. The number of hydrogen-bond acceptors (Lipinski definition) is 5. The molecule has 0 radical (unpaired) electrons. The Balaban J connectivity index is 1.57. The van der Waals surface area contributed by atoms with Crippen molar-refractivity contribution in [3.8, 4) is 17.2 Å². The van der Waals surface area contributed by atoms with Crippen LogP contribution in [-0.2, 0) is 4.79 Å². The Labute approximate surface area is 169 Å². The largest absolute Gasteiger partial charge is 0.484 e. The van der Waals surface area contributed by atoms with E-state index in [2.05, 4.69) is 21.2 Å². The number of amides is 1. The smallest absolute Gasteiger partial charge is 0.270 e. The molecule has 0 atom stereocenters. The number of nitrogens with one attached hydrogen (secondary N) is 1. The van der Waals surface area contributed by atoms with Gasteiger partial charge in [0.15, 0.2) is 6.61 Å². The molecule has 0 unspecified atom stereocenters. The van der Waals surface area contributed by atoms with Gasteiger partial charge in [0.25, 0.3) is 11.6 Å². The second-order valence-corrected chi connectivity index (χ2v) is 6.50. The summed E-state index contributed by atoms with van der Waals surface area (Å²) < 4.78 is 11.6. The van der Waals surface area contributed by atoms with Crippen molar-refractivity contribution in [2.24, 2.45) is 0 Å². The fourth-order valence-electron chi connectivity index (χ4n) is 2.31. The van der Waals surface area contributed by atoms with Gasteiger partial charge < -0.3 is 14.8 Å². The van der Waals surface area contributed by atoms with Crippen LogP contribution in [0.4, 0.5) is 11.4 Å². The fourth-order valence-corrected chi connectivity index (χ4v) is 2.77. The number of rotatable bonds is 7. The SMILES string of the molecule is O=C(COc1cccc(Oc2ccccc2)c1)Nc1ccc([N+](=O)[O-])cc1Br. The predicted molar refractivity (Wildman–Crippen MR) is 108 cm³/mol. The quantitative estimate of drug-likeness (QED) is 0.402. The van der Waals surface area contributed by atoms with Crippen molar-refractivity contribution >= 4 is 33.2 Å². The summed E-state index contributed by atoms with van der Waals surface area (Å²) in [5, 5.41) is 13.4. The molecule has 8 heteroatoms. The summed E-state index contributed by atoms with van der Waals surface area (Å²) in [5.41, 5.74) is 0.344. The Kier molecular flexibility index (Phi) is 6.23. The number of anilines is 1. The Morgan fingerprint density at radius 3 is 2.39 bits per heavy atom. The maximum atomic E-state index is 12.1. The van der Waals surface area contributed by atoms with Crippen LogP contribution in [0.15, 0.2) is 77.3 Å². The first kappa shape index (κ1) is 19.4. The van der Waals surface area contributed by atoms with Crippen LogP contribution < -0.4 is 14.8 Å². The molecule has 0 heterocycles. The van der Waals surface area contributed by atoms with Crippen molar-refractivity contribution in [1.82, 2.24) is 0 Å². The Morgan fingerprint density at radius 1 is 0.964 bits per heavy atom. The van der Waals surface area contributed by atoms with E-state index >= 15 is 0 Å². The van der Waals surface area contributed by atoms with Crippen molar-refractivity contribution in [2.75, 3.05) is 11.9 Å². The summed E-state index contributed by atoms with van der Waals surface area (Å²) in [6, 6.07) is 20.3. The summed E-state index contributed by atoms with van der Waals surface area (Å²) in [5.74, 6) is 1.36. The molecule has 1 N–H and O–H groups in total. The van der Waals surface area contributed by atoms with Crippen molar-refractivity contribution in [3.63, 3.8) is 0 Å². The second-order valence-electron chi connectivity index (χ2n) is 5.65. The van der Waals surface area contributed by atoms with Crippen molar-refractivity contribution in [1.29, 1.82) is 0 Å². The molecule has 1 amide bonds. The third kappa shape index (κ3) is 5.31. The summed E-state index contributed by atoms with van der Waals surface area (Å²) in [6.07, 6.45) is 0. The van der Waals surface area contributed by atoms with E-state index in [1.165, 1.54) is 18.2 Å². The molecule has 0 spiro atoms. The van der Waals surface area contributed by atoms with Gasteiger partial charge in [0.2, 0.25) is 0 Å². The van der Waals surface area contributed by atoms with Crippen LogP contribution in [0.25, 0.3) is 0 Å². The lowest BCUT2D eigenvalue weighted by Crippen LogP contribution is -2.20. The first-order chi connectivity index (χ1) is 13.5. The van der Waals surface area contributed by atoms with Gasteiger partial charge in [-0.15, -0.1) is 0 Å². The maximum Gasteiger partial charge on any atom is 0.270 e. The Bertz CT molecular complexity index is 995. The van der Waals surface area contributed by atoms with Gasteiger partial charge in [0.1, 0.15) is 17.2 Å². The molecule has 0 saturated heterocycles. The van der Waals surface area contributed by atoms with Gasteiger partial charge in [0, 0.05) is 22.7 Å². The number of ether oxygens (including phenoxy) is 2. The number of nitro benzene ring substituents is 1. The topological polar surface area (TPSA) is 90.7 Å². The number of carbonyl (C=O) groups excluding carboxylic acids is 1. The van der Waals surface area contributed by atoms with E-state index < -0.39 is 10.8 Å². The lowest BCUT2D eigenvalue weighted by Gasteiger charge is -2.10. The number of benzene rings is 3. The highest BCUT2D eigenvalue weighted by molar-refractivity contribution is 9.10. The first-order valence-electron chi connectivity index (χ1n) is 8.21. The van der Waals surface area contributed by atoms with Crippen LogP contribution in [0.5, 0.6) is 17.2 Å². The van der Waals surface area contributed by atoms with Crippen LogP contribution in [-0.4, -0.2) is 17.4 Å². The average Bonchev–Trinajstić information content (AvgIpc) is 2.69. The summed E-state index contributed by atoms with van der Waals surface area (Å²) >= 11 is 3.20. The van der Waals surface area contributed by atoms with Crippen molar-refractivity contribution in [2.45, 2.75) is 0 Å². The second kappa shape index (κ2) is 9.01. The van der Waals surface area contributed by atoms with Crippen LogP contribution in [0, 0.1) is 10.1 Å². The van der Waals surface area contributed by atoms with Crippen molar-refractivity contribution in [3.05, 3.63) is 87.4 Å². The van der Waals surface area contributed by atoms with Gasteiger partial charge in [0.05, 0.1) is 10.6 Å². The maximum absolute atomic E-state index is 12.1. The zero-order valence-corrected chi connectivity index (χ0v) is 16.1. The standard InChI is InChI=1S/C20H15BrN2O5/c21-18-11-14(23(25)26)9-10-19(18)22-20(24)13-27-16-7-4-8-17(12-16)28-15-5-2-1-3-6-15/h1-12H,13H2,(H,22,24). The zero-order chi connectivity index (χ0) is 19.9. The molecule has 3 aromatic rings. The Morgan fingerprint density at radius 2 is 1.68 bits per heavy atom. The summed E-state index contributed by atoms with van der Waals surface area (Å²) in [6.45, 7) is -0.224. The molecular weight excluding hydrogens is 428 g/mol. The lowest BCUT2D eigenvalue weighted by molar-refractivity contribution is -0.384. The number of nitrogens with zero attached hydrogens (tertiary/aromatic N) is 1. The Hall–Kier alpha value is -3.39. The van der Waals surface area contributed by atoms with Gasteiger partial charge in [-0.25, -0.2) is 0 Å². The van der Waals surface area contributed by atoms with Gasteiger partial charge in [-0.1, -0.05) is 24.3 Å². The van der Waals surface area contributed by atoms with Crippen LogP contribution >= 0.6 is 15.9 Å². The highest BCUT2D eigenvalue weighted by atomic mass is 79.9. The molecule has 28 heavy (non-hydrogen) atoms. The molecular formula is C20H15BrN2O5. The number of para-hydroxylation sites is 1.